The van der Waals surface area contributed by atoms with Gasteiger partial charge in [-0.05, 0) is 47.3 Å². The number of allylic oxidation sites excluding steroid dienone is 5. The summed E-state index contributed by atoms with van der Waals surface area (Å²) >= 11 is 0. The molecule has 0 unspecified atom stereocenters. The molecule has 0 radical (unpaired) electrons. The monoisotopic (exact) mass is 193 g/mol. The molecular weight excluding hydrogens is 170 g/mol. The molecule has 1 heteroatoms. The van der Waals surface area contributed by atoms with Crippen LogP contribution >= 0.6 is 0 Å². The summed E-state index contributed by atoms with van der Waals surface area (Å²) in [7, 11) is 4.22. The molecule has 0 saturated carbocycles. The summed E-state index contributed by atoms with van der Waals surface area (Å²) in [4.78, 5) is 2.22. The summed E-state index contributed by atoms with van der Waals surface area (Å²) in [6.45, 7) is 9.11. The van der Waals surface area contributed by atoms with Gasteiger partial charge in [0.1, 0.15) is 0 Å². The Bertz CT molecular complexity index is 221. The molecule has 0 bridgehead atoms. The summed E-state index contributed by atoms with van der Waals surface area (Å²) in [6.07, 6.45) is 8.78. The third-order valence-electron chi connectivity index (χ3n) is 2.02. The van der Waals surface area contributed by atoms with Gasteiger partial charge in [-0.3, -0.25) is 0 Å². The second-order valence-electron chi connectivity index (χ2n) is 3.95. The molecule has 1 nitrogen and oxygen atoms in total. The Morgan fingerprint density at radius 1 is 1.29 bits per heavy atom. The number of hydrogen-bond acceptors (Lipinski definition) is 1. The fraction of sp³-hybridized carbons (Fsp3) is 0.538. The molecular formula is C13H23N. The Hall–Kier alpha value is -0.820. The lowest BCUT2D eigenvalue weighted by Gasteiger charge is -2.09. The first kappa shape index (κ1) is 13.2. The zero-order chi connectivity index (χ0) is 11.0. The molecule has 0 rings (SSSR count). The van der Waals surface area contributed by atoms with Crippen LogP contribution in [0.25, 0.3) is 0 Å². The molecule has 0 amide bonds. The average Bonchev–Trinajstić information content (AvgIpc) is 2.10. The van der Waals surface area contributed by atoms with E-state index >= 15 is 0 Å². The van der Waals surface area contributed by atoms with Crippen LogP contribution in [0, 0.1) is 0 Å². The fourth-order valence-corrected chi connectivity index (χ4v) is 1.17. The largest absolute Gasteiger partial charge is 0.309 e. The van der Waals surface area contributed by atoms with Gasteiger partial charge in [0.15, 0.2) is 0 Å². The summed E-state index contributed by atoms with van der Waals surface area (Å²) < 4.78 is 0. The van der Waals surface area contributed by atoms with Gasteiger partial charge in [0.2, 0.25) is 0 Å². The van der Waals surface area contributed by atoms with Gasteiger partial charge in [-0.1, -0.05) is 36.0 Å². The van der Waals surface area contributed by atoms with Crippen molar-refractivity contribution in [2.24, 2.45) is 0 Å². The van der Waals surface area contributed by atoms with E-state index in [1.165, 1.54) is 12.0 Å². The Morgan fingerprint density at radius 2 is 1.93 bits per heavy atom. The Labute approximate surface area is 88.8 Å². The van der Waals surface area contributed by atoms with Crippen molar-refractivity contribution in [3.8, 4) is 0 Å². The van der Waals surface area contributed by atoms with Gasteiger partial charge >= 0.3 is 0 Å². The van der Waals surface area contributed by atoms with Crippen LogP contribution in [0.2, 0.25) is 0 Å². The normalized spacial score (nSPS) is 12.8. The molecule has 0 aromatic rings. The maximum Gasteiger partial charge on any atom is -0.00217 e. The molecule has 0 aromatic heterocycles. The van der Waals surface area contributed by atoms with Crippen LogP contribution in [0.4, 0.5) is 0 Å². The first-order valence-electron chi connectivity index (χ1n) is 5.19. The topological polar surface area (TPSA) is 3.24 Å². The van der Waals surface area contributed by atoms with Crippen LogP contribution in [-0.2, 0) is 0 Å². The molecule has 0 fully saturated rings. The lowest BCUT2D eigenvalue weighted by Crippen LogP contribution is -2.12. The van der Waals surface area contributed by atoms with Gasteiger partial charge in [0, 0.05) is 0 Å². The Balaban J connectivity index is 3.88. The molecule has 0 atom stereocenters. The second-order valence-corrected chi connectivity index (χ2v) is 3.95. The molecule has 0 aliphatic heterocycles. The van der Waals surface area contributed by atoms with E-state index in [2.05, 4.69) is 50.7 Å². The highest BCUT2D eigenvalue weighted by molar-refractivity contribution is 5.24. The van der Waals surface area contributed by atoms with E-state index in [0.29, 0.717) is 0 Å². The standard InChI is InChI=1S/C13H23N/c1-6-13(10-9-12(2)3)8-7-11-14(4)5/h6,9-10H,2,7-8,11H2,1,3-5H3/b10-9-,13-6-. The zero-order valence-electron chi connectivity index (χ0n) is 10.0. The molecule has 14 heavy (non-hydrogen) atoms. The van der Waals surface area contributed by atoms with Crippen molar-refractivity contribution in [2.75, 3.05) is 20.6 Å². The molecule has 0 heterocycles. The third kappa shape index (κ3) is 7.81. The van der Waals surface area contributed by atoms with Crippen LogP contribution in [0.15, 0.2) is 36.0 Å². The molecule has 0 N–H and O–H groups in total. The van der Waals surface area contributed by atoms with Crippen molar-refractivity contribution >= 4 is 0 Å². The predicted molar refractivity (Wildman–Crippen MR) is 65.5 cm³/mol. The summed E-state index contributed by atoms with van der Waals surface area (Å²) in [5, 5.41) is 0. The maximum atomic E-state index is 3.85. The summed E-state index contributed by atoms with van der Waals surface area (Å²) in [5.74, 6) is 0. The van der Waals surface area contributed by atoms with Gasteiger partial charge in [-0.2, -0.15) is 0 Å². The first-order chi connectivity index (χ1) is 6.56. The van der Waals surface area contributed by atoms with Crippen LogP contribution in [0.5, 0.6) is 0 Å². The fourth-order valence-electron chi connectivity index (χ4n) is 1.17. The van der Waals surface area contributed by atoms with E-state index in [9.17, 15) is 0 Å². The van der Waals surface area contributed by atoms with Gasteiger partial charge < -0.3 is 4.90 Å². The molecule has 0 saturated heterocycles. The van der Waals surface area contributed by atoms with E-state index < -0.39 is 0 Å². The molecule has 80 valence electrons. The number of nitrogens with zero attached hydrogens (tertiary/aromatic N) is 1. The summed E-state index contributed by atoms with van der Waals surface area (Å²) in [5.41, 5.74) is 2.51. The van der Waals surface area contributed by atoms with Gasteiger partial charge in [-0.15, -0.1) is 0 Å². The van der Waals surface area contributed by atoms with Crippen molar-refractivity contribution in [1.29, 1.82) is 0 Å². The first-order valence-corrected chi connectivity index (χ1v) is 5.19. The molecule has 0 aliphatic carbocycles. The van der Waals surface area contributed by atoms with Crippen LogP contribution in [-0.4, -0.2) is 25.5 Å². The van der Waals surface area contributed by atoms with Crippen molar-refractivity contribution in [2.45, 2.75) is 26.7 Å². The van der Waals surface area contributed by atoms with E-state index in [1.54, 1.807) is 0 Å². The lowest BCUT2D eigenvalue weighted by molar-refractivity contribution is 0.400. The van der Waals surface area contributed by atoms with E-state index in [-0.39, 0.29) is 0 Å². The van der Waals surface area contributed by atoms with Crippen molar-refractivity contribution in [3.05, 3.63) is 36.0 Å². The molecule has 0 aliphatic rings. The predicted octanol–water partition coefficient (Wildman–Crippen LogP) is 3.41. The summed E-state index contributed by atoms with van der Waals surface area (Å²) in [6, 6.07) is 0. The highest BCUT2D eigenvalue weighted by atomic mass is 15.0. The van der Waals surface area contributed by atoms with Gasteiger partial charge in [0.25, 0.3) is 0 Å². The van der Waals surface area contributed by atoms with Crippen LogP contribution in [0.3, 0.4) is 0 Å². The quantitative estimate of drug-likeness (QED) is 0.584. The maximum absolute atomic E-state index is 3.85. The van der Waals surface area contributed by atoms with E-state index in [4.69, 9.17) is 0 Å². The minimum absolute atomic E-state index is 1.11. The number of rotatable bonds is 6. The van der Waals surface area contributed by atoms with E-state index in [1.807, 2.05) is 6.92 Å². The van der Waals surface area contributed by atoms with Crippen LogP contribution < -0.4 is 0 Å². The van der Waals surface area contributed by atoms with Crippen molar-refractivity contribution in [1.82, 2.24) is 4.90 Å². The van der Waals surface area contributed by atoms with Crippen molar-refractivity contribution in [3.63, 3.8) is 0 Å². The highest BCUT2D eigenvalue weighted by Crippen LogP contribution is 2.08. The average molecular weight is 193 g/mol. The Morgan fingerprint density at radius 3 is 2.36 bits per heavy atom. The van der Waals surface area contributed by atoms with Crippen molar-refractivity contribution < 1.29 is 0 Å². The third-order valence-corrected chi connectivity index (χ3v) is 2.02. The lowest BCUT2D eigenvalue weighted by atomic mass is 10.1. The second kappa shape index (κ2) is 7.57. The SMILES string of the molecule is C=C(C)/C=C\C(=C/C)CCCN(C)C. The van der Waals surface area contributed by atoms with Crippen LogP contribution in [0.1, 0.15) is 26.7 Å². The van der Waals surface area contributed by atoms with Gasteiger partial charge in [-0.25, -0.2) is 0 Å². The highest BCUT2D eigenvalue weighted by Gasteiger charge is 1.93. The molecule has 0 aromatic carbocycles. The minimum Gasteiger partial charge on any atom is -0.309 e. The smallest absolute Gasteiger partial charge is 0.00217 e. The van der Waals surface area contributed by atoms with E-state index in [0.717, 1.165) is 18.5 Å². The Kier molecular flexibility index (Phi) is 7.13. The minimum atomic E-state index is 1.11. The molecule has 0 spiro atoms. The number of hydrogen-bond donors (Lipinski definition) is 0. The van der Waals surface area contributed by atoms with Gasteiger partial charge in [0.05, 0.1) is 0 Å². The zero-order valence-corrected chi connectivity index (χ0v) is 10.0.